The van der Waals surface area contributed by atoms with Gasteiger partial charge in [0.25, 0.3) is 0 Å². The van der Waals surface area contributed by atoms with Gasteiger partial charge in [0.05, 0.1) is 11.6 Å². The Labute approximate surface area is 117 Å². The Bertz CT molecular complexity index is 632. The summed E-state index contributed by atoms with van der Waals surface area (Å²) in [4.78, 5) is 1.45. The van der Waals surface area contributed by atoms with Crippen LogP contribution in [-0.4, -0.2) is 6.36 Å². The zero-order valence-corrected chi connectivity index (χ0v) is 10.8. The lowest BCUT2D eigenvalue weighted by Gasteiger charge is -2.09. The first-order chi connectivity index (χ1) is 9.46. The van der Waals surface area contributed by atoms with Crippen LogP contribution in [-0.2, 0) is 0 Å². The molecule has 0 atom stereocenters. The fourth-order valence-corrected chi connectivity index (χ4v) is 2.33. The van der Waals surface area contributed by atoms with Crippen LogP contribution in [0.4, 0.5) is 13.2 Å². The highest BCUT2D eigenvalue weighted by atomic mass is 32.2. The van der Waals surface area contributed by atoms with Gasteiger partial charge in [0, 0.05) is 9.79 Å². The third-order valence-corrected chi connectivity index (χ3v) is 3.26. The minimum atomic E-state index is -4.70. The van der Waals surface area contributed by atoms with E-state index in [1.807, 2.05) is 6.07 Å². The number of hydrogen-bond donors (Lipinski definition) is 0. The standard InChI is InChI=1S/C14H8F3NOS/c15-14(16,17)19-11-2-1-3-13(8-11)20-12-6-4-10(9-18)5-7-12/h1-8H. The van der Waals surface area contributed by atoms with Gasteiger partial charge in [-0.15, -0.1) is 13.2 Å². The monoisotopic (exact) mass is 295 g/mol. The van der Waals surface area contributed by atoms with Gasteiger partial charge in [-0.1, -0.05) is 17.8 Å². The molecule has 0 heterocycles. The summed E-state index contributed by atoms with van der Waals surface area (Å²) in [7, 11) is 0. The topological polar surface area (TPSA) is 33.0 Å². The Kier molecular flexibility index (Phi) is 4.20. The molecule has 0 aliphatic rings. The lowest BCUT2D eigenvalue weighted by atomic mass is 10.2. The van der Waals surface area contributed by atoms with Crippen LogP contribution < -0.4 is 4.74 Å². The molecule has 0 N–H and O–H groups in total. The fraction of sp³-hybridized carbons (Fsp3) is 0.0714. The molecule has 0 aliphatic heterocycles. The first-order valence-corrected chi connectivity index (χ1v) is 6.32. The molecule has 0 radical (unpaired) electrons. The molecule has 0 fully saturated rings. The van der Waals surface area contributed by atoms with Crippen molar-refractivity contribution in [1.82, 2.24) is 0 Å². The van der Waals surface area contributed by atoms with E-state index in [1.165, 1.54) is 30.0 Å². The second kappa shape index (κ2) is 5.88. The fourth-order valence-electron chi connectivity index (χ4n) is 1.47. The van der Waals surface area contributed by atoms with Crippen molar-refractivity contribution in [3.63, 3.8) is 0 Å². The molecule has 6 heteroatoms. The second-order valence-corrected chi connectivity index (χ2v) is 4.91. The molecule has 2 rings (SSSR count). The molecule has 2 aromatic carbocycles. The SMILES string of the molecule is N#Cc1ccc(Sc2cccc(OC(F)(F)F)c2)cc1. The summed E-state index contributed by atoms with van der Waals surface area (Å²) in [5, 5.41) is 8.68. The molecule has 0 aromatic heterocycles. The molecule has 20 heavy (non-hydrogen) atoms. The van der Waals surface area contributed by atoms with Crippen LogP contribution in [0, 0.1) is 11.3 Å². The number of benzene rings is 2. The van der Waals surface area contributed by atoms with Crippen LogP contribution in [0.25, 0.3) is 0 Å². The van der Waals surface area contributed by atoms with E-state index in [2.05, 4.69) is 4.74 Å². The van der Waals surface area contributed by atoms with Crippen molar-refractivity contribution in [2.24, 2.45) is 0 Å². The Hall–Kier alpha value is -2.13. The first-order valence-electron chi connectivity index (χ1n) is 5.50. The van der Waals surface area contributed by atoms with Gasteiger partial charge in [0.2, 0.25) is 0 Å². The van der Waals surface area contributed by atoms with Gasteiger partial charge in [-0.05, 0) is 42.5 Å². The summed E-state index contributed by atoms with van der Waals surface area (Å²) in [5.74, 6) is -0.254. The summed E-state index contributed by atoms with van der Waals surface area (Å²) in [6.45, 7) is 0. The van der Waals surface area contributed by atoms with Gasteiger partial charge >= 0.3 is 6.36 Å². The van der Waals surface area contributed by atoms with Crippen molar-refractivity contribution in [3.05, 3.63) is 54.1 Å². The zero-order valence-electron chi connectivity index (χ0n) is 10.0. The van der Waals surface area contributed by atoms with Crippen LogP contribution in [0.5, 0.6) is 5.75 Å². The normalized spacial score (nSPS) is 10.9. The predicted octanol–water partition coefficient (Wildman–Crippen LogP) is 4.61. The van der Waals surface area contributed by atoms with E-state index in [4.69, 9.17) is 5.26 Å². The number of hydrogen-bond acceptors (Lipinski definition) is 3. The van der Waals surface area contributed by atoms with Crippen molar-refractivity contribution >= 4 is 11.8 Å². The number of nitrogens with zero attached hydrogens (tertiary/aromatic N) is 1. The third-order valence-electron chi connectivity index (χ3n) is 2.26. The van der Waals surface area contributed by atoms with E-state index in [1.54, 1.807) is 30.3 Å². The average molecular weight is 295 g/mol. The maximum Gasteiger partial charge on any atom is 0.573 e. The summed E-state index contributed by atoms with van der Waals surface area (Å²) < 4.78 is 40.2. The zero-order chi connectivity index (χ0) is 14.6. The van der Waals surface area contributed by atoms with Gasteiger partial charge in [-0.25, -0.2) is 0 Å². The molecule has 0 spiro atoms. The van der Waals surface area contributed by atoms with Gasteiger partial charge < -0.3 is 4.74 Å². The van der Waals surface area contributed by atoms with Crippen molar-refractivity contribution < 1.29 is 17.9 Å². The van der Waals surface area contributed by atoms with E-state index in [9.17, 15) is 13.2 Å². The number of alkyl halides is 3. The number of ether oxygens (including phenoxy) is 1. The molecule has 0 saturated heterocycles. The quantitative estimate of drug-likeness (QED) is 0.829. The Morgan fingerprint density at radius 1 is 1.00 bits per heavy atom. The molecular weight excluding hydrogens is 287 g/mol. The van der Waals surface area contributed by atoms with Crippen molar-refractivity contribution in [2.45, 2.75) is 16.2 Å². The molecule has 2 nitrogen and oxygen atoms in total. The minimum Gasteiger partial charge on any atom is -0.406 e. The van der Waals surface area contributed by atoms with Crippen molar-refractivity contribution in [2.75, 3.05) is 0 Å². The lowest BCUT2D eigenvalue weighted by Crippen LogP contribution is -2.17. The summed E-state index contributed by atoms with van der Waals surface area (Å²) >= 11 is 1.29. The summed E-state index contributed by atoms with van der Waals surface area (Å²) in [6.07, 6.45) is -4.70. The highest BCUT2D eigenvalue weighted by Gasteiger charge is 2.31. The average Bonchev–Trinajstić information content (AvgIpc) is 2.38. The van der Waals surface area contributed by atoms with Crippen LogP contribution in [0.3, 0.4) is 0 Å². The molecule has 102 valence electrons. The summed E-state index contributed by atoms with van der Waals surface area (Å²) in [5.41, 5.74) is 0.531. The summed E-state index contributed by atoms with van der Waals surface area (Å²) in [6, 6.07) is 14.5. The van der Waals surface area contributed by atoms with Crippen LogP contribution in [0.15, 0.2) is 58.3 Å². The van der Waals surface area contributed by atoms with Gasteiger partial charge in [-0.3, -0.25) is 0 Å². The van der Waals surface area contributed by atoms with Crippen molar-refractivity contribution in [1.29, 1.82) is 5.26 Å². The van der Waals surface area contributed by atoms with Crippen molar-refractivity contribution in [3.8, 4) is 11.8 Å². The molecule has 0 amide bonds. The highest BCUT2D eigenvalue weighted by Crippen LogP contribution is 2.31. The van der Waals surface area contributed by atoms with E-state index in [0.717, 1.165) is 4.90 Å². The van der Waals surface area contributed by atoms with Gasteiger partial charge in [0.1, 0.15) is 5.75 Å². The Morgan fingerprint density at radius 2 is 1.70 bits per heavy atom. The van der Waals surface area contributed by atoms with E-state index in [0.29, 0.717) is 10.5 Å². The Morgan fingerprint density at radius 3 is 2.30 bits per heavy atom. The van der Waals surface area contributed by atoms with Crippen LogP contribution in [0.2, 0.25) is 0 Å². The molecule has 0 saturated carbocycles. The second-order valence-electron chi connectivity index (χ2n) is 3.76. The molecule has 2 aromatic rings. The smallest absolute Gasteiger partial charge is 0.406 e. The lowest BCUT2D eigenvalue weighted by molar-refractivity contribution is -0.274. The molecule has 0 bridgehead atoms. The number of rotatable bonds is 3. The first kappa shape index (κ1) is 14.3. The maximum absolute atomic E-state index is 12.1. The van der Waals surface area contributed by atoms with Gasteiger partial charge in [0.15, 0.2) is 0 Å². The van der Waals surface area contributed by atoms with E-state index < -0.39 is 6.36 Å². The number of halogens is 3. The van der Waals surface area contributed by atoms with Gasteiger partial charge in [-0.2, -0.15) is 5.26 Å². The number of nitriles is 1. The van der Waals surface area contributed by atoms with Crippen LogP contribution >= 0.6 is 11.8 Å². The molecule has 0 aliphatic carbocycles. The highest BCUT2D eigenvalue weighted by molar-refractivity contribution is 7.99. The van der Waals surface area contributed by atoms with E-state index >= 15 is 0 Å². The van der Waals surface area contributed by atoms with E-state index in [-0.39, 0.29) is 5.75 Å². The molecule has 0 unspecified atom stereocenters. The maximum atomic E-state index is 12.1. The third kappa shape index (κ3) is 4.21. The Balaban J connectivity index is 2.13. The molecular formula is C14H8F3NOS. The predicted molar refractivity (Wildman–Crippen MR) is 68.4 cm³/mol. The largest absolute Gasteiger partial charge is 0.573 e. The van der Waals surface area contributed by atoms with Crippen LogP contribution in [0.1, 0.15) is 5.56 Å². The minimum absolute atomic E-state index is 0.254.